The van der Waals surface area contributed by atoms with Crippen molar-refractivity contribution in [3.63, 3.8) is 0 Å². The number of aromatic nitrogens is 1. The van der Waals surface area contributed by atoms with Crippen molar-refractivity contribution >= 4 is 26.8 Å². The number of amides is 1. The molecule has 0 unspecified atom stereocenters. The molecule has 0 aliphatic carbocycles. The number of ether oxygens (including phenoxy) is 1. The second kappa shape index (κ2) is 7.59. The minimum atomic E-state index is -3.55. The number of carboxylic acid groups (broad SMARTS) is 1. The normalized spacial score (nSPS) is 14.2. The largest absolute Gasteiger partial charge is 0.465 e. The summed E-state index contributed by atoms with van der Waals surface area (Å²) in [6.45, 7) is 1.62. The molecule has 130 valence electrons. The Labute approximate surface area is 140 Å². The van der Waals surface area contributed by atoms with Crippen molar-refractivity contribution in [2.75, 3.05) is 12.9 Å². The fraction of sp³-hybridized carbons (Fsp3) is 0.375. The predicted molar refractivity (Wildman–Crippen MR) is 90.7 cm³/mol. The van der Waals surface area contributed by atoms with Gasteiger partial charge < -0.3 is 15.2 Å². The summed E-state index contributed by atoms with van der Waals surface area (Å²) in [7, 11) is -2.15. The number of rotatable bonds is 7. The van der Waals surface area contributed by atoms with Crippen LogP contribution in [0.1, 0.15) is 12.5 Å². The Morgan fingerprint density at radius 3 is 2.75 bits per heavy atom. The molecule has 1 aromatic heterocycles. The van der Waals surface area contributed by atoms with Gasteiger partial charge >= 0.3 is 6.09 Å². The molecule has 0 saturated heterocycles. The summed E-state index contributed by atoms with van der Waals surface area (Å²) in [5.41, 5.74) is 1.35. The Bertz CT molecular complexity index is 822. The number of nitrogens with one attached hydrogen (secondary N) is 1. The number of hydrogen-bond donors (Lipinski definition) is 2. The lowest BCUT2D eigenvalue weighted by atomic mass is 10.2. The molecular weight excluding hydrogens is 332 g/mol. The Morgan fingerprint density at radius 2 is 2.08 bits per heavy atom. The van der Waals surface area contributed by atoms with Crippen molar-refractivity contribution in [3.05, 3.63) is 42.1 Å². The number of nitrogens with zero attached hydrogens (tertiary/aromatic N) is 1. The molecule has 7 nitrogen and oxygen atoms in total. The van der Waals surface area contributed by atoms with E-state index in [1.165, 1.54) is 13.3 Å². The van der Waals surface area contributed by atoms with Gasteiger partial charge in [0.2, 0.25) is 0 Å². The lowest BCUT2D eigenvalue weighted by molar-refractivity contribution is 0.0877. The predicted octanol–water partition coefficient (Wildman–Crippen LogP) is 1.82. The zero-order chi connectivity index (χ0) is 17.7. The Kier molecular flexibility index (Phi) is 5.74. The van der Waals surface area contributed by atoms with E-state index in [9.17, 15) is 13.2 Å². The highest BCUT2D eigenvalue weighted by Crippen LogP contribution is 2.16. The van der Waals surface area contributed by atoms with Crippen molar-refractivity contribution in [3.8, 4) is 0 Å². The number of carbonyl (C=O) groups is 1. The van der Waals surface area contributed by atoms with Crippen molar-refractivity contribution in [2.24, 2.45) is 0 Å². The van der Waals surface area contributed by atoms with Gasteiger partial charge in [0.25, 0.3) is 0 Å². The average molecular weight is 352 g/mol. The third kappa shape index (κ3) is 4.90. The number of para-hydroxylation sites is 1. The molecule has 0 fully saturated rings. The Morgan fingerprint density at radius 1 is 1.38 bits per heavy atom. The maximum Gasteiger partial charge on any atom is 0.405 e. The molecule has 0 radical (unpaired) electrons. The van der Waals surface area contributed by atoms with Crippen molar-refractivity contribution in [1.29, 1.82) is 0 Å². The van der Waals surface area contributed by atoms with Crippen LogP contribution in [0.15, 0.2) is 36.5 Å². The number of benzene rings is 1. The number of sulfone groups is 1. The molecule has 1 heterocycles. The SMILES string of the molecule is CO[C@@H](C)[C@H](CS(=O)(=O)Cc1cnc2ccccc2c1)NC(=O)O. The fourth-order valence-electron chi connectivity index (χ4n) is 2.40. The highest BCUT2D eigenvalue weighted by molar-refractivity contribution is 7.90. The molecule has 1 amide bonds. The standard InChI is InChI=1S/C16H20N2O5S/c1-11(23-2)15(18-16(19)20)10-24(21,22)9-12-7-13-5-3-4-6-14(13)17-8-12/h3-8,11,15,18H,9-10H2,1-2H3,(H,19,20)/t11-,15-/m0/s1. The molecule has 8 heteroatoms. The number of fused-ring (bicyclic) bond motifs is 1. The van der Waals surface area contributed by atoms with E-state index in [-0.39, 0.29) is 11.5 Å². The third-order valence-electron chi connectivity index (χ3n) is 3.71. The van der Waals surface area contributed by atoms with Crippen molar-refractivity contribution in [1.82, 2.24) is 10.3 Å². The maximum atomic E-state index is 12.4. The fourth-order valence-corrected chi connectivity index (χ4v) is 4.08. The summed E-state index contributed by atoms with van der Waals surface area (Å²) in [4.78, 5) is 15.1. The van der Waals surface area contributed by atoms with E-state index in [4.69, 9.17) is 9.84 Å². The smallest absolute Gasteiger partial charge is 0.405 e. The summed E-state index contributed by atoms with van der Waals surface area (Å²) in [6, 6.07) is 8.36. The van der Waals surface area contributed by atoms with Crippen LogP contribution in [0.2, 0.25) is 0 Å². The van der Waals surface area contributed by atoms with Gasteiger partial charge in [0.05, 0.1) is 29.2 Å². The second-order valence-electron chi connectivity index (χ2n) is 5.59. The van der Waals surface area contributed by atoms with Crippen LogP contribution in [-0.2, 0) is 20.3 Å². The Balaban J connectivity index is 2.17. The minimum Gasteiger partial charge on any atom is -0.465 e. The second-order valence-corrected chi connectivity index (χ2v) is 7.70. The molecule has 2 atom stereocenters. The first-order valence-corrected chi connectivity index (χ1v) is 9.19. The van der Waals surface area contributed by atoms with Crippen molar-refractivity contribution < 1.29 is 23.1 Å². The highest BCUT2D eigenvalue weighted by atomic mass is 32.2. The summed E-state index contributed by atoms with van der Waals surface area (Å²) >= 11 is 0. The van der Waals surface area contributed by atoms with E-state index in [0.717, 1.165) is 10.9 Å². The van der Waals surface area contributed by atoms with Gasteiger partial charge in [-0.05, 0) is 24.6 Å². The molecule has 0 spiro atoms. The van der Waals surface area contributed by atoms with Gasteiger partial charge in [-0.2, -0.15) is 0 Å². The van der Waals surface area contributed by atoms with Gasteiger partial charge in [-0.1, -0.05) is 18.2 Å². The summed E-state index contributed by atoms with van der Waals surface area (Å²) in [6.07, 6.45) is -0.323. The van der Waals surface area contributed by atoms with E-state index < -0.39 is 28.1 Å². The molecule has 2 aromatic rings. The van der Waals surface area contributed by atoms with Gasteiger partial charge in [-0.3, -0.25) is 4.98 Å². The van der Waals surface area contributed by atoms with Gasteiger partial charge in [-0.25, -0.2) is 13.2 Å². The van der Waals surface area contributed by atoms with E-state index in [1.807, 2.05) is 24.3 Å². The van der Waals surface area contributed by atoms with Crippen LogP contribution in [0.25, 0.3) is 10.9 Å². The third-order valence-corrected chi connectivity index (χ3v) is 5.35. The molecule has 0 saturated carbocycles. The molecule has 0 bridgehead atoms. The Hall–Kier alpha value is -2.19. The molecule has 24 heavy (non-hydrogen) atoms. The highest BCUT2D eigenvalue weighted by Gasteiger charge is 2.26. The topological polar surface area (TPSA) is 106 Å². The summed E-state index contributed by atoms with van der Waals surface area (Å²) < 4.78 is 29.9. The van der Waals surface area contributed by atoms with Gasteiger partial charge in [0.1, 0.15) is 0 Å². The molecule has 1 aromatic carbocycles. The van der Waals surface area contributed by atoms with E-state index >= 15 is 0 Å². The molecule has 2 N–H and O–H groups in total. The zero-order valence-electron chi connectivity index (χ0n) is 13.5. The van der Waals surface area contributed by atoms with Gasteiger partial charge in [-0.15, -0.1) is 0 Å². The molecule has 2 rings (SSSR count). The van der Waals surface area contributed by atoms with Crippen LogP contribution in [0.5, 0.6) is 0 Å². The van der Waals surface area contributed by atoms with E-state index in [1.54, 1.807) is 13.0 Å². The zero-order valence-corrected chi connectivity index (χ0v) is 14.3. The first-order chi connectivity index (χ1) is 11.3. The number of hydrogen-bond acceptors (Lipinski definition) is 5. The lowest BCUT2D eigenvalue weighted by Gasteiger charge is -2.22. The van der Waals surface area contributed by atoms with Crippen LogP contribution < -0.4 is 5.32 Å². The maximum absolute atomic E-state index is 12.4. The van der Waals surface area contributed by atoms with Crippen LogP contribution in [0, 0.1) is 0 Å². The quantitative estimate of drug-likeness (QED) is 0.787. The first-order valence-electron chi connectivity index (χ1n) is 7.37. The average Bonchev–Trinajstić information content (AvgIpc) is 2.52. The lowest BCUT2D eigenvalue weighted by Crippen LogP contribution is -2.46. The first kappa shape index (κ1) is 18.2. The van der Waals surface area contributed by atoms with Crippen LogP contribution in [-0.4, -0.2) is 49.6 Å². The molecule has 0 aliphatic heterocycles. The van der Waals surface area contributed by atoms with Crippen LogP contribution in [0.4, 0.5) is 4.79 Å². The summed E-state index contributed by atoms with van der Waals surface area (Å²) in [5.74, 6) is -0.555. The minimum absolute atomic E-state index is 0.209. The van der Waals surface area contributed by atoms with E-state index in [0.29, 0.717) is 5.56 Å². The van der Waals surface area contributed by atoms with Gasteiger partial charge in [0.15, 0.2) is 9.84 Å². The molecular formula is C16H20N2O5S. The van der Waals surface area contributed by atoms with Crippen molar-refractivity contribution in [2.45, 2.75) is 24.8 Å². The molecule has 0 aliphatic rings. The van der Waals surface area contributed by atoms with Crippen LogP contribution >= 0.6 is 0 Å². The number of methoxy groups -OCH3 is 1. The van der Waals surface area contributed by atoms with Crippen LogP contribution in [0.3, 0.4) is 0 Å². The summed E-state index contributed by atoms with van der Waals surface area (Å²) in [5, 5.41) is 11.9. The monoisotopic (exact) mass is 352 g/mol. The van der Waals surface area contributed by atoms with E-state index in [2.05, 4.69) is 10.3 Å². The van der Waals surface area contributed by atoms with Gasteiger partial charge in [0, 0.05) is 18.7 Å². The number of pyridine rings is 1.